The summed E-state index contributed by atoms with van der Waals surface area (Å²) < 4.78 is 5.49. The van der Waals surface area contributed by atoms with Crippen LogP contribution in [-0.4, -0.2) is 26.6 Å². The van der Waals surface area contributed by atoms with Crippen molar-refractivity contribution in [2.75, 3.05) is 0 Å². The van der Waals surface area contributed by atoms with Gasteiger partial charge in [-0.1, -0.05) is 30.0 Å². The molecule has 0 radical (unpaired) electrons. The highest BCUT2D eigenvalue weighted by atomic mass is 32.2. The van der Waals surface area contributed by atoms with Gasteiger partial charge in [-0.05, 0) is 12.1 Å². The summed E-state index contributed by atoms with van der Waals surface area (Å²) in [5, 5.41) is 9.22. The third-order valence-corrected chi connectivity index (χ3v) is 3.60. The molecule has 1 N–H and O–H groups in total. The van der Waals surface area contributed by atoms with Crippen molar-refractivity contribution in [3.63, 3.8) is 0 Å². The van der Waals surface area contributed by atoms with Crippen LogP contribution in [-0.2, 0) is 11.2 Å². The maximum atomic E-state index is 11.4. The number of benzene rings is 1. The monoisotopic (exact) mass is 275 g/mol. The molecule has 1 aliphatic rings. The second kappa shape index (κ2) is 4.85. The average molecular weight is 275 g/mol. The molecule has 0 unspecified atom stereocenters. The van der Waals surface area contributed by atoms with Gasteiger partial charge in [0.15, 0.2) is 0 Å². The molecule has 1 fully saturated rings. The molecule has 2 heterocycles. The van der Waals surface area contributed by atoms with Crippen molar-refractivity contribution in [1.82, 2.24) is 15.5 Å². The lowest BCUT2D eigenvalue weighted by atomic mass is 10.2. The van der Waals surface area contributed by atoms with E-state index in [9.17, 15) is 9.59 Å². The van der Waals surface area contributed by atoms with E-state index in [2.05, 4.69) is 15.5 Å². The summed E-state index contributed by atoms with van der Waals surface area (Å²) in [6, 6.07) is 9.36. The minimum Gasteiger partial charge on any atom is -0.421 e. The minimum atomic E-state index is -0.489. The lowest BCUT2D eigenvalue weighted by molar-refractivity contribution is -0.119. The van der Waals surface area contributed by atoms with Gasteiger partial charge in [-0.2, -0.15) is 0 Å². The Morgan fingerprint density at radius 2 is 2.00 bits per heavy atom. The van der Waals surface area contributed by atoms with Crippen LogP contribution in [0.25, 0.3) is 11.5 Å². The number of nitrogens with zero attached hydrogens (tertiary/aromatic N) is 2. The van der Waals surface area contributed by atoms with Crippen LogP contribution in [0, 0.1) is 0 Å². The molecule has 0 saturated carbocycles. The molecule has 1 saturated heterocycles. The number of imide groups is 1. The molecule has 1 aliphatic heterocycles. The molecule has 0 bridgehead atoms. The molecular formula is C12H9N3O3S. The van der Waals surface area contributed by atoms with Crippen LogP contribution in [0.4, 0.5) is 4.79 Å². The van der Waals surface area contributed by atoms with E-state index in [1.165, 1.54) is 0 Å². The molecule has 96 valence electrons. The Bertz CT molecular complexity index is 626. The maximum Gasteiger partial charge on any atom is 0.286 e. The molecule has 1 atom stereocenters. The zero-order chi connectivity index (χ0) is 13.2. The van der Waals surface area contributed by atoms with Crippen molar-refractivity contribution in [3.8, 4) is 11.5 Å². The van der Waals surface area contributed by atoms with Crippen molar-refractivity contribution >= 4 is 22.9 Å². The molecule has 6 nitrogen and oxygen atoms in total. The summed E-state index contributed by atoms with van der Waals surface area (Å²) in [4.78, 5) is 22.5. The number of thioether (sulfide) groups is 1. The third kappa shape index (κ3) is 2.50. The zero-order valence-electron chi connectivity index (χ0n) is 9.70. The number of aromatic nitrogens is 2. The fourth-order valence-electron chi connectivity index (χ4n) is 1.72. The van der Waals surface area contributed by atoms with Crippen molar-refractivity contribution in [3.05, 3.63) is 36.2 Å². The topological polar surface area (TPSA) is 85.1 Å². The number of hydrogen-bond donors (Lipinski definition) is 1. The third-order valence-electron chi connectivity index (χ3n) is 2.61. The van der Waals surface area contributed by atoms with Gasteiger partial charge < -0.3 is 4.42 Å². The first-order valence-electron chi connectivity index (χ1n) is 5.61. The molecule has 19 heavy (non-hydrogen) atoms. The van der Waals surface area contributed by atoms with Gasteiger partial charge >= 0.3 is 0 Å². The summed E-state index contributed by atoms with van der Waals surface area (Å²) >= 11 is 0.946. The van der Waals surface area contributed by atoms with Crippen LogP contribution in [0.1, 0.15) is 5.89 Å². The Hall–Kier alpha value is -2.15. The van der Waals surface area contributed by atoms with E-state index < -0.39 is 5.25 Å². The SMILES string of the molecule is O=C1NC(=O)[C@@H](Cc2nnc(-c3ccccc3)o2)S1. The van der Waals surface area contributed by atoms with Gasteiger partial charge in [0, 0.05) is 12.0 Å². The molecule has 2 amide bonds. The number of hydrogen-bond acceptors (Lipinski definition) is 6. The van der Waals surface area contributed by atoms with E-state index >= 15 is 0 Å². The number of rotatable bonds is 3. The predicted octanol–water partition coefficient (Wildman–Crippen LogP) is 1.63. The molecule has 1 aromatic heterocycles. The van der Waals surface area contributed by atoms with Crippen molar-refractivity contribution in [2.24, 2.45) is 0 Å². The number of nitrogens with one attached hydrogen (secondary N) is 1. The van der Waals surface area contributed by atoms with Gasteiger partial charge in [0.05, 0.1) is 0 Å². The standard InChI is InChI=1S/C12H9N3O3S/c16-10-8(19-12(17)13-10)6-9-14-15-11(18-9)7-4-2-1-3-5-7/h1-5,8H,6H2,(H,13,16,17)/t8-/m1/s1. The highest BCUT2D eigenvalue weighted by Gasteiger charge is 2.33. The Morgan fingerprint density at radius 1 is 1.21 bits per heavy atom. The maximum absolute atomic E-state index is 11.4. The highest BCUT2D eigenvalue weighted by molar-refractivity contribution is 8.15. The van der Waals surface area contributed by atoms with E-state index in [1.54, 1.807) is 0 Å². The molecule has 3 rings (SSSR count). The van der Waals surface area contributed by atoms with Crippen molar-refractivity contribution < 1.29 is 14.0 Å². The minimum absolute atomic E-state index is 0.252. The highest BCUT2D eigenvalue weighted by Crippen LogP contribution is 2.24. The Labute approximate surface area is 112 Å². The summed E-state index contributed by atoms with van der Waals surface area (Å²) in [6.07, 6.45) is 0.252. The van der Waals surface area contributed by atoms with Crippen molar-refractivity contribution in [1.29, 1.82) is 0 Å². The summed E-state index contributed by atoms with van der Waals surface area (Å²) in [6.45, 7) is 0. The van der Waals surface area contributed by atoms with E-state index in [0.29, 0.717) is 11.8 Å². The Balaban J connectivity index is 1.75. The normalized spacial score (nSPS) is 18.6. The average Bonchev–Trinajstić information content (AvgIpc) is 2.99. The summed E-state index contributed by atoms with van der Waals surface area (Å²) in [5.41, 5.74) is 0.820. The molecule has 2 aromatic rings. The van der Waals surface area contributed by atoms with E-state index in [4.69, 9.17) is 4.42 Å². The summed E-state index contributed by atoms with van der Waals surface area (Å²) in [5.74, 6) is 0.445. The largest absolute Gasteiger partial charge is 0.421 e. The predicted molar refractivity (Wildman–Crippen MR) is 68.4 cm³/mol. The van der Waals surface area contributed by atoms with Crippen LogP contribution in [0.5, 0.6) is 0 Å². The first-order chi connectivity index (χ1) is 9.22. The number of carbonyl (C=O) groups excluding carboxylic acids is 2. The lowest BCUT2D eigenvalue weighted by Gasteiger charge is -1.99. The van der Waals surface area contributed by atoms with E-state index in [0.717, 1.165) is 17.3 Å². The van der Waals surface area contributed by atoms with Crippen LogP contribution >= 0.6 is 11.8 Å². The van der Waals surface area contributed by atoms with Gasteiger partial charge in [0.2, 0.25) is 17.7 Å². The van der Waals surface area contributed by atoms with Crippen molar-refractivity contribution in [2.45, 2.75) is 11.7 Å². The molecule has 7 heteroatoms. The van der Waals surface area contributed by atoms with Gasteiger partial charge in [-0.25, -0.2) is 0 Å². The fraction of sp³-hybridized carbons (Fsp3) is 0.167. The molecule has 0 spiro atoms. The molecular weight excluding hydrogens is 266 g/mol. The first kappa shape index (κ1) is 11.9. The fourth-order valence-corrected chi connectivity index (χ4v) is 2.53. The van der Waals surface area contributed by atoms with Gasteiger partial charge in [-0.15, -0.1) is 10.2 Å². The smallest absolute Gasteiger partial charge is 0.286 e. The summed E-state index contributed by atoms with van der Waals surface area (Å²) in [7, 11) is 0. The lowest BCUT2D eigenvalue weighted by Crippen LogP contribution is -2.25. The Morgan fingerprint density at radius 3 is 2.68 bits per heavy atom. The Kier molecular flexibility index (Phi) is 3.04. The van der Waals surface area contributed by atoms with E-state index in [-0.39, 0.29) is 17.6 Å². The van der Waals surface area contributed by atoms with E-state index in [1.807, 2.05) is 30.3 Å². The second-order valence-corrected chi connectivity index (χ2v) is 5.13. The second-order valence-electron chi connectivity index (χ2n) is 3.95. The first-order valence-corrected chi connectivity index (χ1v) is 6.49. The zero-order valence-corrected chi connectivity index (χ0v) is 10.5. The number of amides is 2. The quantitative estimate of drug-likeness (QED) is 0.916. The van der Waals surface area contributed by atoms with Gasteiger partial charge in [-0.3, -0.25) is 14.9 Å². The van der Waals surface area contributed by atoms with Gasteiger partial charge in [0.1, 0.15) is 5.25 Å². The molecule has 0 aliphatic carbocycles. The van der Waals surface area contributed by atoms with Gasteiger partial charge in [0.25, 0.3) is 5.24 Å². The molecule has 1 aromatic carbocycles. The number of carbonyl (C=O) groups is 2. The van der Waals surface area contributed by atoms with Crippen LogP contribution in [0.15, 0.2) is 34.7 Å². The van der Waals surface area contributed by atoms with Crippen LogP contribution < -0.4 is 5.32 Å². The van der Waals surface area contributed by atoms with Crippen LogP contribution in [0.3, 0.4) is 0 Å². The van der Waals surface area contributed by atoms with Crippen LogP contribution in [0.2, 0.25) is 0 Å².